The van der Waals surface area contributed by atoms with E-state index in [2.05, 4.69) is 0 Å². The summed E-state index contributed by atoms with van der Waals surface area (Å²) in [4.78, 5) is 0. The summed E-state index contributed by atoms with van der Waals surface area (Å²) >= 11 is 6.06. The van der Waals surface area contributed by atoms with Gasteiger partial charge in [-0.3, -0.25) is 0 Å². The van der Waals surface area contributed by atoms with E-state index in [1.807, 2.05) is 13.8 Å². The second-order valence-electron chi connectivity index (χ2n) is 3.91. The van der Waals surface area contributed by atoms with E-state index in [1.165, 1.54) is 6.07 Å². The minimum Gasteiger partial charge on any atom is -0.207 e. The van der Waals surface area contributed by atoms with Crippen LogP contribution in [0.5, 0.6) is 0 Å². The first-order valence-corrected chi connectivity index (χ1v) is 5.09. The molecule has 0 amide bonds. The SMILES string of the molecule is CC1c2c(F)ccc(F)c2C(Cl)C1C. The van der Waals surface area contributed by atoms with E-state index in [0.29, 0.717) is 11.1 Å². The highest BCUT2D eigenvalue weighted by Gasteiger charge is 2.38. The minimum absolute atomic E-state index is 0.0109. The average molecular weight is 217 g/mol. The van der Waals surface area contributed by atoms with Gasteiger partial charge in [0.1, 0.15) is 11.6 Å². The van der Waals surface area contributed by atoms with Gasteiger partial charge in [-0.2, -0.15) is 0 Å². The second kappa shape index (κ2) is 3.20. The average Bonchev–Trinajstić information content (AvgIpc) is 2.38. The smallest absolute Gasteiger partial charge is 0.128 e. The second-order valence-corrected chi connectivity index (χ2v) is 4.38. The van der Waals surface area contributed by atoms with Gasteiger partial charge in [-0.25, -0.2) is 8.78 Å². The molecule has 0 aliphatic heterocycles. The minimum atomic E-state index is -0.407. The van der Waals surface area contributed by atoms with Crippen molar-refractivity contribution in [2.75, 3.05) is 0 Å². The van der Waals surface area contributed by atoms with Gasteiger partial charge in [-0.1, -0.05) is 13.8 Å². The molecule has 0 fully saturated rings. The molecular weight excluding hydrogens is 206 g/mol. The van der Waals surface area contributed by atoms with Crippen LogP contribution in [-0.2, 0) is 0 Å². The first-order chi connectivity index (χ1) is 6.54. The van der Waals surface area contributed by atoms with E-state index in [-0.39, 0.29) is 17.7 Å². The van der Waals surface area contributed by atoms with Crippen LogP contribution in [0.2, 0.25) is 0 Å². The molecule has 0 N–H and O–H groups in total. The molecule has 14 heavy (non-hydrogen) atoms. The molecule has 3 atom stereocenters. The van der Waals surface area contributed by atoms with E-state index in [9.17, 15) is 8.78 Å². The predicted octanol–water partition coefficient (Wildman–Crippen LogP) is 4.00. The van der Waals surface area contributed by atoms with E-state index in [0.717, 1.165) is 6.07 Å². The van der Waals surface area contributed by atoms with Crippen LogP contribution < -0.4 is 0 Å². The standard InChI is InChI=1S/C11H11ClF2/c1-5-6(2)11(12)10-8(14)4-3-7(13)9(5)10/h3-6,11H,1-2H3. The van der Waals surface area contributed by atoms with Crippen molar-refractivity contribution >= 4 is 11.6 Å². The first kappa shape index (κ1) is 9.91. The lowest BCUT2D eigenvalue weighted by molar-refractivity contribution is 0.500. The van der Waals surface area contributed by atoms with E-state index in [4.69, 9.17) is 11.6 Å². The Balaban J connectivity index is 2.67. The molecule has 0 aromatic heterocycles. The van der Waals surface area contributed by atoms with Gasteiger partial charge in [0.05, 0.1) is 5.38 Å². The monoisotopic (exact) mass is 216 g/mol. The Hall–Kier alpha value is -0.630. The quantitative estimate of drug-likeness (QED) is 0.575. The molecule has 3 heteroatoms. The molecule has 1 aliphatic carbocycles. The van der Waals surface area contributed by atoms with Crippen LogP contribution >= 0.6 is 11.6 Å². The zero-order valence-corrected chi connectivity index (χ0v) is 8.78. The largest absolute Gasteiger partial charge is 0.207 e. The van der Waals surface area contributed by atoms with Crippen LogP contribution in [0.3, 0.4) is 0 Å². The van der Waals surface area contributed by atoms with Crippen molar-refractivity contribution in [2.24, 2.45) is 5.92 Å². The van der Waals surface area contributed by atoms with E-state index >= 15 is 0 Å². The van der Waals surface area contributed by atoms with E-state index in [1.54, 1.807) is 0 Å². The number of benzene rings is 1. The number of hydrogen-bond donors (Lipinski definition) is 0. The Morgan fingerprint density at radius 2 is 1.57 bits per heavy atom. The third kappa shape index (κ3) is 1.17. The molecule has 3 unspecified atom stereocenters. The van der Waals surface area contributed by atoms with Gasteiger partial charge in [-0.05, 0) is 29.5 Å². The Morgan fingerprint density at radius 1 is 1.07 bits per heavy atom. The highest BCUT2D eigenvalue weighted by molar-refractivity contribution is 6.21. The maximum Gasteiger partial charge on any atom is 0.128 e. The summed E-state index contributed by atoms with van der Waals surface area (Å²) in [6.07, 6.45) is 0. The van der Waals surface area contributed by atoms with Crippen LogP contribution in [0, 0.1) is 17.6 Å². The fraction of sp³-hybridized carbons (Fsp3) is 0.455. The van der Waals surface area contributed by atoms with Gasteiger partial charge >= 0.3 is 0 Å². The van der Waals surface area contributed by atoms with Crippen molar-refractivity contribution in [2.45, 2.75) is 25.1 Å². The molecule has 0 bridgehead atoms. The van der Waals surface area contributed by atoms with Crippen molar-refractivity contribution in [3.8, 4) is 0 Å². The molecular formula is C11H11ClF2. The van der Waals surface area contributed by atoms with Gasteiger partial charge in [0, 0.05) is 5.56 Å². The highest BCUT2D eigenvalue weighted by Crippen LogP contribution is 2.49. The van der Waals surface area contributed by atoms with Gasteiger partial charge in [0.15, 0.2) is 0 Å². The van der Waals surface area contributed by atoms with E-state index < -0.39 is 11.2 Å². The summed E-state index contributed by atoms with van der Waals surface area (Å²) in [5.41, 5.74) is 0.809. The lowest BCUT2D eigenvalue weighted by Crippen LogP contribution is -2.01. The summed E-state index contributed by atoms with van der Waals surface area (Å²) in [6.45, 7) is 3.80. The van der Waals surface area contributed by atoms with Crippen LogP contribution in [0.15, 0.2) is 12.1 Å². The van der Waals surface area contributed by atoms with Gasteiger partial charge < -0.3 is 0 Å². The molecule has 0 saturated carbocycles. The van der Waals surface area contributed by atoms with Crippen LogP contribution in [-0.4, -0.2) is 0 Å². The first-order valence-electron chi connectivity index (χ1n) is 4.66. The molecule has 1 aromatic carbocycles. The molecule has 76 valence electrons. The van der Waals surface area contributed by atoms with Gasteiger partial charge in [0.25, 0.3) is 0 Å². The van der Waals surface area contributed by atoms with Crippen LogP contribution in [0.25, 0.3) is 0 Å². The Morgan fingerprint density at radius 3 is 2.07 bits per heavy atom. The zero-order chi connectivity index (χ0) is 10.5. The normalized spacial score (nSPS) is 30.5. The number of hydrogen-bond acceptors (Lipinski definition) is 0. The number of fused-ring (bicyclic) bond motifs is 1. The summed E-state index contributed by atoms with van der Waals surface area (Å²) in [6, 6.07) is 2.32. The summed E-state index contributed by atoms with van der Waals surface area (Å²) in [7, 11) is 0. The molecule has 0 saturated heterocycles. The fourth-order valence-electron chi connectivity index (χ4n) is 2.11. The topological polar surface area (TPSA) is 0 Å². The molecule has 2 rings (SSSR count). The Labute approximate surface area is 86.9 Å². The molecule has 0 nitrogen and oxygen atoms in total. The lowest BCUT2D eigenvalue weighted by atomic mass is 9.96. The lowest BCUT2D eigenvalue weighted by Gasteiger charge is -2.11. The Bertz CT molecular complexity index is 341. The van der Waals surface area contributed by atoms with Crippen molar-refractivity contribution < 1.29 is 8.78 Å². The maximum absolute atomic E-state index is 13.4. The highest BCUT2D eigenvalue weighted by atomic mass is 35.5. The number of rotatable bonds is 0. The van der Waals surface area contributed by atoms with Crippen molar-refractivity contribution in [1.82, 2.24) is 0 Å². The zero-order valence-electron chi connectivity index (χ0n) is 8.02. The summed E-state index contributed by atoms with van der Waals surface area (Å²) in [5, 5.41) is -0.407. The fourth-order valence-corrected chi connectivity index (χ4v) is 2.55. The third-order valence-electron chi connectivity index (χ3n) is 3.16. The summed E-state index contributed by atoms with van der Waals surface area (Å²) < 4.78 is 26.9. The van der Waals surface area contributed by atoms with Gasteiger partial charge in [0.2, 0.25) is 0 Å². The van der Waals surface area contributed by atoms with Crippen LogP contribution in [0.1, 0.15) is 36.3 Å². The molecule has 0 spiro atoms. The molecule has 0 radical (unpaired) electrons. The summed E-state index contributed by atoms with van der Waals surface area (Å²) in [5.74, 6) is -0.664. The Kier molecular flexibility index (Phi) is 2.26. The third-order valence-corrected chi connectivity index (χ3v) is 3.78. The van der Waals surface area contributed by atoms with Crippen molar-refractivity contribution in [3.63, 3.8) is 0 Å². The molecule has 0 heterocycles. The maximum atomic E-state index is 13.4. The molecule has 1 aliphatic rings. The van der Waals surface area contributed by atoms with Crippen molar-refractivity contribution in [1.29, 1.82) is 0 Å². The number of halogens is 3. The molecule has 1 aromatic rings. The number of alkyl halides is 1. The van der Waals surface area contributed by atoms with Crippen LogP contribution in [0.4, 0.5) is 8.78 Å². The van der Waals surface area contributed by atoms with Crippen molar-refractivity contribution in [3.05, 3.63) is 34.9 Å². The van der Waals surface area contributed by atoms with Gasteiger partial charge in [-0.15, -0.1) is 11.6 Å². The predicted molar refractivity (Wildman–Crippen MR) is 52.5 cm³/mol.